The van der Waals surface area contributed by atoms with Gasteiger partial charge in [-0.1, -0.05) is 42.5 Å². The van der Waals surface area contributed by atoms with Crippen molar-refractivity contribution < 1.29 is 57.5 Å². The number of hydrogen-bond acceptors (Lipinski definition) is 4. The summed E-state index contributed by atoms with van der Waals surface area (Å²) in [4.78, 5) is 13.0. The normalized spacial score (nSPS) is 27.8. The molecule has 190 valence electrons. The molecule has 0 spiro atoms. The van der Waals surface area contributed by atoms with Crippen molar-refractivity contribution in [3.8, 4) is 0 Å². The van der Waals surface area contributed by atoms with Crippen LogP contribution in [0.4, 0.5) is 39.5 Å². The monoisotopic (exact) mass is 524 g/mol. The summed E-state index contributed by atoms with van der Waals surface area (Å²) in [5.74, 6) is -21.4. The quantitative estimate of drug-likeness (QED) is 0.282. The first kappa shape index (κ1) is 26.4. The number of rotatable bonds is 7. The number of sulfone groups is 1. The largest absolute Gasteiger partial charge is 0.465 e. The fourth-order valence-electron chi connectivity index (χ4n) is 4.74. The topological polar surface area (TPSA) is 60.4 Å². The number of halogens is 9. The van der Waals surface area contributed by atoms with Gasteiger partial charge in [-0.25, -0.2) is 8.42 Å². The molecule has 2 aliphatic carbocycles. The molecule has 1 aromatic rings. The molecule has 1 aromatic carbocycles. The van der Waals surface area contributed by atoms with Gasteiger partial charge in [-0.3, -0.25) is 4.79 Å². The van der Waals surface area contributed by atoms with Crippen LogP contribution in [-0.2, 0) is 19.4 Å². The molecule has 4 nitrogen and oxygen atoms in total. The Morgan fingerprint density at radius 2 is 1.53 bits per heavy atom. The Morgan fingerprint density at radius 3 is 2.03 bits per heavy atom. The smallest absolute Gasteiger partial charge is 0.460 e. The van der Waals surface area contributed by atoms with Gasteiger partial charge in [0.25, 0.3) is 0 Å². The fourth-order valence-corrected chi connectivity index (χ4v) is 7.12. The van der Waals surface area contributed by atoms with E-state index < -0.39 is 68.2 Å². The predicted octanol–water partition coefficient (Wildman–Crippen LogP) is 5.12. The molecular formula is C20H17F9O4S. The number of allylic oxidation sites excluding steroid dienone is 2. The fraction of sp³-hybridized carbons (Fsp3) is 0.550. The first-order valence-electron chi connectivity index (χ1n) is 9.77. The zero-order chi connectivity index (χ0) is 26.0. The summed E-state index contributed by atoms with van der Waals surface area (Å²) in [6, 6.07) is 6.46. The highest BCUT2D eigenvalue weighted by Crippen LogP contribution is 2.65. The third kappa shape index (κ3) is 3.12. The first-order valence-corrected chi connectivity index (χ1v) is 11.3. The minimum atomic E-state index is -7.45. The van der Waals surface area contributed by atoms with E-state index in [1.165, 1.54) is 36.4 Å². The van der Waals surface area contributed by atoms with Crippen molar-refractivity contribution in [2.45, 2.75) is 47.3 Å². The van der Waals surface area contributed by atoms with Crippen molar-refractivity contribution in [1.82, 2.24) is 0 Å². The maximum absolute atomic E-state index is 15.0. The van der Waals surface area contributed by atoms with Crippen molar-refractivity contribution in [1.29, 1.82) is 0 Å². The van der Waals surface area contributed by atoms with Gasteiger partial charge >= 0.3 is 29.2 Å². The van der Waals surface area contributed by atoms with Gasteiger partial charge in [0, 0.05) is 11.8 Å². The van der Waals surface area contributed by atoms with E-state index in [0.717, 1.165) is 13.0 Å². The van der Waals surface area contributed by atoms with Crippen LogP contribution in [0.15, 0.2) is 42.5 Å². The van der Waals surface area contributed by atoms with Gasteiger partial charge in [-0.05, 0) is 24.8 Å². The van der Waals surface area contributed by atoms with Gasteiger partial charge in [0.15, 0.2) is 4.75 Å². The van der Waals surface area contributed by atoms with E-state index in [9.17, 15) is 52.7 Å². The molecule has 0 N–H and O–H groups in total. The van der Waals surface area contributed by atoms with Crippen LogP contribution in [0, 0.1) is 11.8 Å². The number of carbonyl (C=O) groups is 1. The third-order valence-corrected chi connectivity index (χ3v) is 8.75. The molecule has 4 atom stereocenters. The summed E-state index contributed by atoms with van der Waals surface area (Å²) in [5.41, 5.74) is -0.0994. The Bertz CT molecular complexity index is 1080. The average Bonchev–Trinajstić information content (AvgIpc) is 3.33. The number of benzene rings is 1. The number of hydrogen-bond donors (Lipinski definition) is 0. The SMILES string of the molecule is CCOC(=O)[C@]1(S(=O)(=O)C(F)(F)C(F)(F)C(F)(F)C(F)(F)F)[C@H](c2ccccc2)[C@@H]2C=C[C@H]1C2. The second-order valence-corrected chi connectivity index (χ2v) is 10.2. The van der Waals surface area contributed by atoms with E-state index in [0.29, 0.717) is 0 Å². The Balaban J connectivity index is 2.34. The van der Waals surface area contributed by atoms with E-state index in [1.54, 1.807) is 0 Å². The number of esters is 1. The standard InChI is InChI=1S/C20H17F9O4S/c1-2-33-15(30)16(13-9-8-12(10-13)14(16)11-6-4-3-5-7-11)34(31,32)20(28,29)18(23,24)17(21,22)19(25,26)27/h3-9,12-14H,2,10H2,1H3/t12-,13+,14-,16-/m1/s1. The van der Waals surface area contributed by atoms with Gasteiger partial charge in [-0.15, -0.1) is 0 Å². The molecule has 2 bridgehead atoms. The highest BCUT2D eigenvalue weighted by molar-refractivity contribution is 7.94. The van der Waals surface area contributed by atoms with E-state index in [4.69, 9.17) is 0 Å². The minimum Gasteiger partial charge on any atom is -0.465 e. The molecule has 0 saturated heterocycles. The summed E-state index contributed by atoms with van der Waals surface area (Å²) in [6.45, 7) is 0.530. The van der Waals surface area contributed by atoms with Crippen molar-refractivity contribution in [2.24, 2.45) is 11.8 Å². The van der Waals surface area contributed by atoms with Crippen LogP contribution in [-0.4, -0.2) is 49.0 Å². The molecule has 0 amide bonds. The molecule has 2 aliphatic rings. The van der Waals surface area contributed by atoms with Crippen molar-refractivity contribution in [3.63, 3.8) is 0 Å². The Kier molecular flexibility index (Phi) is 6.11. The highest BCUT2D eigenvalue weighted by Gasteiger charge is 2.89. The Hall–Kier alpha value is -2.25. The van der Waals surface area contributed by atoms with Gasteiger partial charge in [0.2, 0.25) is 9.84 Å². The predicted molar refractivity (Wildman–Crippen MR) is 99.1 cm³/mol. The molecule has 0 aliphatic heterocycles. The molecule has 0 heterocycles. The lowest BCUT2D eigenvalue weighted by molar-refractivity contribution is -0.382. The van der Waals surface area contributed by atoms with Crippen LogP contribution in [0.2, 0.25) is 0 Å². The zero-order valence-electron chi connectivity index (χ0n) is 17.1. The summed E-state index contributed by atoms with van der Waals surface area (Å²) in [7, 11) is -7.14. The Morgan fingerprint density at radius 1 is 0.971 bits per heavy atom. The maximum atomic E-state index is 15.0. The van der Waals surface area contributed by atoms with Crippen LogP contribution in [0.1, 0.15) is 24.8 Å². The van der Waals surface area contributed by atoms with Crippen LogP contribution < -0.4 is 0 Å². The maximum Gasteiger partial charge on any atom is 0.460 e. The number of fused-ring (bicyclic) bond motifs is 2. The number of carbonyl (C=O) groups excluding carboxylic acids is 1. The summed E-state index contributed by atoms with van der Waals surface area (Å²) in [6.07, 6.45) is -5.25. The molecule has 1 saturated carbocycles. The summed E-state index contributed by atoms with van der Waals surface area (Å²) in [5, 5.41) is -7.02. The minimum absolute atomic E-state index is 0.0994. The third-order valence-electron chi connectivity index (χ3n) is 6.21. The molecule has 14 heteroatoms. The van der Waals surface area contributed by atoms with E-state index in [1.807, 2.05) is 0 Å². The molecule has 0 unspecified atom stereocenters. The van der Waals surface area contributed by atoms with Gasteiger partial charge < -0.3 is 4.74 Å². The number of ether oxygens (including phenoxy) is 1. The van der Waals surface area contributed by atoms with Crippen molar-refractivity contribution >= 4 is 15.8 Å². The van der Waals surface area contributed by atoms with Crippen LogP contribution in [0.5, 0.6) is 0 Å². The number of alkyl halides is 9. The lowest BCUT2D eigenvalue weighted by atomic mass is 9.77. The van der Waals surface area contributed by atoms with Crippen molar-refractivity contribution in [2.75, 3.05) is 6.61 Å². The van der Waals surface area contributed by atoms with Gasteiger partial charge in [0.1, 0.15) is 0 Å². The van der Waals surface area contributed by atoms with Crippen LogP contribution in [0.3, 0.4) is 0 Å². The molecule has 34 heavy (non-hydrogen) atoms. The van der Waals surface area contributed by atoms with Crippen LogP contribution in [0.25, 0.3) is 0 Å². The zero-order valence-corrected chi connectivity index (χ0v) is 17.9. The second-order valence-electron chi connectivity index (χ2n) is 7.96. The average molecular weight is 524 g/mol. The lowest BCUT2D eigenvalue weighted by Gasteiger charge is -2.43. The molecule has 1 fully saturated rings. The highest BCUT2D eigenvalue weighted by atomic mass is 32.2. The summed E-state index contributed by atoms with van der Waals surface area (Å²) < 4.78 is 151. The van der Waals surface area contributed by atoms with E-state index in [2.05, 4.69) is 4.74 Å². The van der Waals surface area contributed by atoms with Gasteiger partial charge in [0.05, 0.1) is 6.61 Å². The van der Waals surface area contributed by atoms with Gasteiger partial charge in [-0.2, -0.15) is 39.5 Å². The Labute approximate surface area is 187 Å². The lowest BCUT2D eigenvalue weighted by Crippen LogP contribution is -2.69. The van der Waals surface area contributed by atoms with E-state index in [-0.39, 0.29) is 12.0 Å². The van der Waals surface area contributed by atoms with Crippen LogP contribution >= 0.6 is 0 Å². The molecular weight excluding hydrogens is 507 g/mol. The molecule has 0 radical (unpaired) electrons. The molecule has 0 aromatic heterocycles. The molecule has 3 rings (SSSR count). The first-order chi connectivity index (χ1) is 15.4. The second kappa shape index (κ2) is 7.89. The summed E-state index contributed by atoms with van der Waals surface area (Å²) >= 11 is 0. The van der Waals surface area contributed by atoms with E-state index >= 15 is 0 Å². The van der Waals surface area contributed by atoms with Crippen molar-refractivity contribution in [3.05, 3.63) is 48.0 Å².